The maximum atomic E-state index is 5.97. The van der Waals surface area contributed by atoms with E-state index in [9.17, 15) is 0 Å². The molecule has 11 heavy (non-hydrogen) atoms. The van der Waals surface area contributed by atoms with Crippen LogP contribution in [0.3, 0.4) is 0 Å². The maximum absolute atomic E-state index is 5.97. The van der Waals surface area contributed by atoms with E-state index in [1.54, 1.807) is 0 Å². The van der Waals surface area contributed by atoms with E-state index >= 15 is 0 Å². The first-order valence-electron chi connectivity index (χ1n) is 4.19. The lowest BCUT2D eigenvalue weighted by atomic mass is 10.2. The van der Waals surface area contributed by atoms with E-state index in [4.69, 9.17) is 11.5 Å². The van der Waals surface area contributed by atoms with Crippen LogP contribution in [0.1, 0.15) is 20.8 Å². The summed E-state index contributed by atoms with van der Waals surface area (Å²) in [7, 11) is -1.36. The van der Waals surface area contributed by atoms with Gasteiger partial charge in [0.05, 0.1) is 8.07 Å². The van der Waals surface area contributed by atoms with E-state index in [2.05, 4.69) is 33.9 Å². The third kappa shape index (κ3) is 2.29. The van der Waals surface area contributed by atoms with Crippen LogP contribution < -0.4 is 11.5 Å². The largest absolute Gasteiger partial charge is 0.329 e. The average molecular weight is 174 g/mol. The van der Waals surface area contributed by atoms with E-state index in [1.165, 1.54) is 0 Å². The Morgan fingerprint density at radius 1 is 1.27 bits per heavy atom. The molecule has 0 aliphatic rings. The van der Waals surface area contributed by atoms with Crippen LogP contribution in [0.5, 0.6) is 0 Å². The standard InChI is InChI=1S/C8H22N2Si/c1-8(2,3)11(4,5)7(10)6-9/h7H,6,9-10H2,1-5H3. The van der Waals surface area contributed by atoms with Crippen LogP contribution in [0, 0.1) is 0 Å². The van der Waals surface area contributed by atoms with E-state index in [0.717, 1.165) is 0 Å². The summed E-state index contributed by atoms with van der Waals surface area (Å²) in [5, 5.41) is 0.353. The highest BCUT2D eigenvalue weighted by Gasteiger charge is 2.39. The quantitative estimate of drug-likeness (QED) is 0.620. The molecule has 4 N–H and O–H groups in total. The molecule has 3 heteroatoms. The van der Waals surface area contributed by atoms with Gasteiger partial charge in [-0.1, -0.05) is 33.9 Å². The molecule has 0 fully saturated rings. The number of hydrogen-bond donors (Lipinski definition) is 2. The Morgan fingerprint density at radius 2 is 1.64 bits per heavy atom. The number of hydrogen-bond acceptors (Lipinski definition) is 2. The lowest BCUT2D eigenvalue weighted by Gasteiger charge is -2.41. The Kier molecular flexibility index (Phi) is 3.29. The van der Waals surface area contributed by atoms with Crippen molar-refractivity contribution < 1.29 is 0 Å². The van der Waals surface area contributed by atoms with Crippen molar-refractivity contribution in [2.75, 3.05) is 6.54 Å². The summed E-state index contributed by atoms with van der Waals surface area (Å²) in [6.07, 6.45) is 0. The molecule has 0 heterocycles. The Hall–Kier alpha value is 0.137. The zero-order valence-corrected chi connectivity index (χ0v) is 9.44. The minimum absolute atomic E-state index is 0.225. The summed E-state index contributed by atoms with van der Waals surface area (Å²) in [6, 6.07) is 0. The van der Waals surface area contributed by atoms with Crippen molar-refractivity contribution in [2.24, 2.45) is 11.5 Å². The van der Waals surface area contributed by atoms with Gasteiger partial charge in [0.1, 0.15) is 0 Å². The molecule has 0 aromatic heterocycles. The minimum atomic E-state index is -1.36. The molecule has 0 aliphatic carbocycles. The fourth-order valence-corrected chi connectivity index (χ4v) is 2.55. The second-order valence-corrected chi connectivity index (χ2v) is 10.5. The highest BCUT2D eigenvalue weighted by Crippen LogP contribution is 2.37. The molecule has 0 aromatic carbocycles. The van der Waals surface area contributed by atoms with Gasteiger partial charge in [0, 0.05) is 12.2 Å². The van der Waals surface area contributed by atoms with Crippen molar-refractivity contribution in [1.29, 1.82) is 0 Å². The SMILES string of the molecule is CC(C)(C)[Si](C)(C)C(N)CN. The van der Waals surface area contributed by atoms with E-state index < -0.39 is 8.07 Å². The first kappa shape index (κ1) is 11.1. The number of nitrogens with two attached hydrogens (primary N) is 2. The molecule has 1 unspecified atom stereocenters. The summed E-state index contributed by atoms with van der Waals surface area (Å²) in [5.74, 6) is 0. The third-order valence-corrected chi connectivity index (χ3v) is 9.07. The van der Waals surface area contributed by atoms with E-state index in [0.29, 0.717) is 11.6 Å². The molecule has 2 nitrogen and oxygen atoms in total. The van der Waals surface area contributed by atoms with Crippen LogP contribution in [0.2, 0.25) is 18.1 Å². The van der Waals surface area contributed by atoms with Gasteiger partial charge in [-0.25, -0.2) is 0 Å². The molecule has 68 valence electrons. The highest BCUT2D eigenvalue weighted by atomic mass is 28.3. The summed E-state index contributed by atoms with van der Waals surface area (Å²) in [6.45, 7) is 12.0. The first-order valence-corrected chi connectivity index (χ1v) is 7.27. The molecular weight excluding hydrogens is 152 g/mol. The monoisotopic (exact) mass is 174 g/mol. The Labute approximate surface area is 71.4 Å². The Balaban J connectivity index is 4.45. The molecule has 0 saturated carbocycles. The lowest BCUT2D eigenvalue weighted by molar-refractivity contribution is 0.680. The third-order valence-electron chi connectivity index (χ3n) is 3.11. The van der Waals surface area contributed by atoms with E-state index in [-0.39, 0.29) is 5.67 Å². The second kappa shape index (κ2) is 3.25. The lowest BCUT2D eigenvalue weighted by Crippen LogP contribution is -2.57. The predicted octanol–water partition coefficient (Wildman–Crippen LogP) is 1.32. The van der Waals surface area contributed by atoms with Crippen molar-refractivity contribution in [3.8, 4) is 0 Å². The normalized spacial score (nSPS) is 16.6. The van der Waals surface area contributed by atoms with Gasteiger partial charge in [0.25, 0.3) is 0 Å². The first-order chi connectivity index (χ1) is 4.73. The fourth-order valence-electron chi connectivity index (χ4n) is 0.851. The predicted molar refractivity (Wildman–Crippen MR) is 54.2 cm³/mol. The molecular formula is C8H22N2Si. The van der Waals surface area contributed by atoms with Gasteiger partial charge in [-0.05, 0) is 5.04 Å². The summed E-state index contributed by atoms with van der Waals surface area (Å²) < 4.78 is 0. The molecule has 0 bridgehead atoms. The summed E-state index contributed by atoms with van der Waals surface area (Å²) in [4.78, 5) is 0. The van der Waals surface area contributed by atoms with Gasteiger partial charge in [0.2, 0.25) is 0 Å². The molecule has 0 radical (unpaired) electrons. The Bertz CT molecular complexity index is 127. The highest BCUT2D eigenvalue weighted by molar-refractivity contribution is 6.81. The second-order valence-electron chi connectivity index (χ2n) is 4.81. The average Bonchev–Trinajstić information content (AvgIpc) is 1.83. The smallest absolute Gasteiger partial charge is 0.0731 e. The van der Waals surface area contributed by atoms with Gasteiger partial charge in [0.15, 0.2) is 0 Å². The van der Waals surface area contributed by atoms with Crippen molar-refractivity contribution >= 4 is 8.07 Å². The fraction of sp³-hybridized carbons (Fsp3) is 1.00. The molecule has 0 spiro atoms. The molecule has 0 rings (SSSR count). The molecule has 1 atom stereocenters. The van der Waals surface area contributed by atoms with Crippen LogP contribution in [-0.4, -0.2) is 20.3 Å². The summed E-state index contributed by atoms with van der Waals surface area (Å²) >= 11 is 0. The van der Waals surface area contributed by atoms with Crippen molar-refractivity contribution in [3.05, 3.63) is 0 Å². The molecule has 0 aromatic rings. The van der Waals surface area contributed by atoms with Crippen molar-refractivity contribution in [2.45, 2.75) is 44.6 Å². The molecule has 0 saturated heterocycles. The van der Waals surface area contributed by atoms with Crippen LogP contribution in [-0.2, 0) is 0 Å². The van der Waals surface area contributed by atoms with Crippen molar-refractivity contribution in [1.82, 2.24) is 0 Å². The van der Waals surface area contributed by atoms with Crippen LogP contribution >= 0.6 is 0 Å². The maximum Gasteiger partial charge on any atom is 0.0731 e. The molecule has 0 amide bonds. The van der Waals surface area contributed by atoms with Crippen LogP contribution in [0.4, 0.5) is 0 Å². The Morgan fingerprint density at radius 3 is 1.73 bits per heavy atom. The molecule has 0 aliphatic heterocycles. The van der Waals surface area contributed by atoms with Gasteiger partial charge in [-0.3, -0.25) is 0 Å². The van der Waals surface area contributed by atoms with Gasteiger partial charge >= 0.3 is 0 Å². The minimum Gasteiger partial charge on any atom is -0.329 e. The van der Waals surface area contributed by atoms with Crippen LogP contribution in [0.15, 0.2) is 0 Å². The zero-order chi connectivity index (χ0) is 9.28. The van der Waals surface area contributed by atoms with Gasteiger partial charge in [-0.2, -0.15) is 0 Å². The van der Waals surface area contributed by atoms with Gasteiger partial charge < -0.3 is 11.5 Å². The van der Waals surface area contributed by atoms with E-state index in [1.807, 2.05) is 0 Å². The topological polar surface area (TPSA) is 52.0 Å². The number of rotatable bonds is 2. The van der Waals surface area contributed by atoms with Crippen molar-refractivity contribution in [3.63, 3.8) is 0 Å². The van der Waals surface area contributed by atoms with Gasteiger partial charge in [-0.15, -0.1) is 0 Å². The zero-order valence-electron chi connectivity index (χ0n) is 8.44. The summed E-state index contributed by atoms with van der Waals surface area (Å²) in [5.41, 5.74) is 11.8. The van der Waals surface area contributed by atoms with Crippen LogP contribution in [0.25, 0.3) is 0 Å².